The van der Waals surface area contributed by atoms with Crippen LogP contribution in [0.15, 0.2) is 0 Å². The Morgan fingerprint density at radius 3 is 2.22 bits per heavy atom. The highest BCUT2D eigenvalue weighted by molar-refractivity contribution is 8.01. The highest BCUT2D eigenvalue weighted by Crippen LogP contribution is 2.42. The van der Waals surface area contributed by atoms with E-state index in [2.05, 4.69) is 53.8 Å². The van der Waals surface area contributed by atoms with Crippen molar-refractivity contribution in [1.29, 1.82) is 0 Å². The summed E-state index contributed by atoms with van der Waals surface area (Å²) in [5.74, 6) is 1.48. The molecule has 0 rings (SSSR count). The summed E-state index contributed by atoms with van der Waals surface area (Å²) in [6.45, 7) is 16.9. The molecule has 0 aromatic carbocycles. The van der Waals surface area contributed by atoms with Gasteiger partial charge in [-0.2, -0.15) is 0 Å². The van der Waals surface area contributed by atoms with E-state index in [0.29, 0.717) is 17.1 Å². The maximum atomic E-state index is 12.0. The number of rotatable bonds is 13. The zero-order chi connectivity index (χ0) is 17.9. The maximum Gasteiger partial charge on any atom is 0.230 e. The smallest absolute Gasteiger partial charge is 0.230 e. The van der Waals surface area contributed by atoms with Crippen molar-refractivity contribution >= 4 is 17.7 Å². The minimum Gasteiger partial charge on any atom is -0.355 e. The minimum atomic E-state index is 0.144. The Morgan fingerprint density at radius 1 is 1.04 bits per heavy atom. The molecule has 0 heterocycles. The maximum absolute atomic E-state index is 12.0. The van der Waals surface area contributed by atoms with Crippen molar-refractivity contribution in [2.75, 3.05) is 12.3 Å². The molecule has 0 aliphatic heterocycles. The molecule has 138 valence electrons. The number of carbonyl (C=O) groups excluding carboxylic acids is 1. The van der Waals surface area contributed by atoms with Gasteiger partial charge in [0.1, 0.15) is 0 Å². The molecular formula is C20H41NOS. The third kappa shape index (κ3) is 11.1. The van der Waals surface area contributed by atoms with Gasteiger partial charge in [0.25, 0.3) is 0 Å². The first-order chi connectivity index (χ1) is 10.6. The standard InChI is InChI=1S/C20H41NOS/c1-8-10-11-12-13-14-21-18(22)15-23-20(6,7)16-19(4,5)17(3)9-2/h17H,8-16H2,1-7H3,(H,21,22). The van der Waals surface area contributed by atoms with Crippen LogP contribution in [0.3, 0.4) is 0 Å². The summed E-state index contributed by atoms with van der Waals surface area (Å²) >= 11 is 1.80. The van der Waals surface area contributed by atoms with Crippen molar-refractivity contribution in [1.82, 2.24) is 5.32 Å². The van der Waals surface area contributed by atoms with Gasteiger partial charge in [-0.05, 0) is 24.2 Å². The molecule has 1 amide bonds. The largest absolute Gasteiger partial charge is 0.355 e. The molecule has 1 N–H and O–H groups in total. The summed E-state index contributed by atoms with van der Waals surface area (Å²) in [6.07, 6.45) is 8.57. The van der Waals surface area contributed by atoms with Crippen molar-refractivity contribution in [2.45, 2.75) is 98.2 Å². The zero-order valence-electron chi connectivity index (χ0n) is 16.8. The second kappa shape index (κ2) is 11.4. The fraction of sp³-hybridized carbons (Fsp3) is 0.950. The van der Waals surface area contributed by atoms with Crippen LogP contribution >= 0.6 is 11.8 Å². The van der Waals surface area contributed by atoms with Crippen molar-refractivity contribution < 1.29 is 4.79 Å². The monoisotopic (exact) mass is 343 g/mol. The third-order valence-corrected chi connectivity index (χ3v) is 6.36. The van der Waals surface area contributed by atoms with Crippen molar-refractivity contribution in [2.24, 2.45) is 11.3 Å². The molecule has 0 aliphatic carbocycles. The highest BCUT2D eigenvalue weighted by Gasteiger charge is 2.32. The fourth-order valence-corrected chi connectivity index (χ4v) is 4.24. The zero-order valence-corrected chi connectivity index (χ0v) is 17.6. The molecular weight excluding hydrogens is 302 g/mol. The van der Waals surface area contributed by atoms with Crippen molar-refractivity contribution in [3.05, 3.63) is 0 Å². The fourth-order valence-electron chi connectivity index (χ4n) is 3.14. The first-order valence-corrected chi connectivity index (χ1v) is 10.5. The molecule has 1 unspecified atom stereocenters. The molecule has 0 saturated heterocycles. The van der Waals surface area contributed by atoms with Gasteiger partial charge in [0.2, 0.25) is 5.91 Å². The lowest BCUT2D eigenvalue weighted by Crippen LogP contribution is -2.33. The molecule has 0 aromatic rings. The van der Waals surface area contributed by atoms with Crippen molar-refractivity contribution in [3.63, 3.8) is 0 Å². The summed E-state index contributed by atoms with van der Waals surface area (Å²) in [5, 5.41) is 3.07. The number of hydrogen-bond acceptors (Lipinski definition) is 2. The van der Waals surface area contributed by atoms with Gasteiger partial charge in [-0.25, -0.2) is 0 Å². The Balaban J connectivity index is 4.01. The summed E-state index contributed by atoms with van der Waals surface area (Å²) in [5.41, 5.74) is 0.320. The van der Waals surface area contributed by atoms with Gasteiger partial charge in [-0.15, -0.1) is 11.8 Å². The van der Waals surface area contributed by atoms with E-state index in [-0.39, 0.29) is 10.7 Å². The van der Waals surface area contributed by atoms with Crippen LogP contribution in [0.4, 0.5) is 0 Å². The average molecular weight is 344 g/mol. The first-order valence-electron chi connectivity index (χ1n) is 9.55. The van der Waals surface area contributed by atoms with Gasteiger partial charge in [0, 0.05) is 11.3 Å². The molecule has 3 heteroatoms. The molecule has 1 atom stereocenters. The van der Waals surface area contributed by atoms with Crippen LogP contribution in [0.2, 0.25) is 0 Å². The van der Waals surface area contributed by atoms with Crippen LogP contribution in [0, 0.1) is 11.3 Å². The molecule has 0 bridgehead atoms. The normalized spacial score (nSPS) is 13.9. The Kier molecular flexibility index (Phi) is 11.3. The van der Waals surface area contributed by atoms with Crippen LogP contribution in [-0.4, -0.2) is 23.0 Å². The van der Waals surface area contributed by atoms with Crippen LogP contribution in [-0.2, 0) is 4.79 Å². The Labute approximate surface area is 150 Å². The molecule has 0 radical (unpaired) electrons. The topological polar surface area (TPSA) is 29.1 Å². The lowest BCUT2D eigenvalue weighted by molar-refractivity contribution is -0.118. The molecule has 23 heavy (non-hydrogen) atoms. The van der Waals surface area contributed by atoms with Crippen LogP contribution < -0.4 is 5.32 Å². The van der Waals surface area contributed by atoms with Gasteiger partial charge in [-0.3, -0.25) is 4.79 Å². The van der Waals surface area contributed by atoms with E-state index in [0.717, 1.165) is 19.4 Å². The van der Waals surface area contributed by atoms with Gasteiger partial charge in [-0.1, -0.05) is 80.6 Å². The third-order valence-electron chi connectivity index (χ3n) is 5.02. The van der Waals surface area contributed by atoms with Gasteiger partial charge < -0.3 is 5.32 Å². The molecule has 0 fully saturated rings. The molecule has 0 saturated carbocycles. The summed E-state index contributed by atoms with van der Waals surface area (Å²) in [4.78, 5) is 12.0. The predicted molar refractivity (Wildman–Crippen MR) is 106 cm³/mol. The SMILES string of the molecule is CCCCCCCNC(=O)CSC(C)(C)CC(C)(C)C(C)CC. The van der Waals surface area contributed by atoms with Crippen LogP contribution in [0.5, 0.6) is 0 Å². The van der Waals surface area contributed by atoms with Gasteiger partial charge in [0.15, 0.2) is 0 Å². The number of amides is 1. The van der Waals surface area contributed by atoms with E-state index < -0.39 is 0 Å². The predicted octanol–water partition coefficient (Wildman–Crippen LogP) is 6.05. The van der Waals surface area contributed by atoms with E-state index in [1.54, 1.807) is 11.8 Å². The number of hydrogen-bond donors (Lipinski definition) is 1. The highest BCUT2D eigenvalue weighted by atomic mass is 32.2. The molecule has 0 spiro atoms. The molecule has 2 nitrogen and oxygen atoms in total. The van der Waals surface area contributed by atoms with Crippen LogP contribution in [0.25, 0.3) is 0 Å². The average Bonchev–Trinajstić information content (AvgIpc) is 2.46. The van der Waals surface area contributed by atoms with E-state index in [9.17, 15) is 4.79 Å². The number of nitrogens with one attached hydrogen (secondary N) is 1. The van der Waals surface area contributed by atoms with E-state index in [1.165, 1.54) is 32.1 Å². The minimum absolute atomic E-state index is 0.144. The summed E-state index contributed by atoms with van der Waals surface area (Å²) < 4.78 is 0.144. The second-order valence-electron chi connectivity index (χ2n) is 8.29. The Morgan fingerprint density at radius 2 is 1.65 bits per heavy atom. The lowest BCUT2D eigenvalue weighted by atomic mass is 9.73. The Bertz CT molecular complexity index is 326. The van der Waals surface area contributed by atoms with E-state index in [4.69, 9.17) is 0 Å². The van der Waals surface area contributed by atoms with Crippen molar-refractivity contribution in [3.8, 4) is 0 Å². The number of unbranched alkanes of at least 4 members (excludes halogenated alkanes) is 4. The summed E-state index contributed by atoms with van der Waals surface area (Å²) in [6, 6.07) is 0. The summed E-state index contributed by atoms with van der Waals surface area (Å²) in [7, 11) is 0. The quantitative estimate of drug-likeness (QED) is 0.413. The van der Waals surface area contributed by atoms with Gasteiger partial charge in [0.05, 0.1) is 5.75 Å². The van der Waals surface area contributed by atoms with Crippen LogP contribution in [0.1, 0.15) is 93.4 Å². The van der Waals surface area contributed by atoms with Gasteiger partial charge >= 0.3 is 0 Å². The lowest BCUT2D eigenvalue weighted by Gasteiger charge is -2.38. The van der Waals surface area contributed by atoms with E-state index >= 15 is 0 Å². The molecule has 0 aliphatic rings. The second-order valence-corrected chi connectivity index (χ2v) is 9.97. The number of carbonyl (C=O) groups is 1. The number of thioether (sulfide) groups is 1. The Hall–Kier alpha value is -0.180. The first kappa shape index (κ1) is 22.8. The molecule has 0 aromatic heterocycles. The van der Waals surface area contributed by atoms with E-state index in [1.807, 2.05) is 0 Å².